The molecule has 0 saturated carbocycles. The predicted molar refractivity (Wildman–Crippen MR) is 75.9 cm³/mol. The second kappa shape index (κ2) is 5.49. The minimum atomic E-state index is -0.234. The van der Waals surface area contributed by atoms with E-state index >= 15 is 0 Å². The quantitative estimate of drug-likeness (QED) is 0.889. The Morgan fingerprint density at radius 1 is 1.37 bits per heavy atom. The van der Waals surface area contributed by atoms with Gasteiger partial charge >= 0.3 is 0 Å². The van der Waals surface area contributed by atoms with Crippen LogP contribution in [0.15, 0.2) is 18.2 Å². The third-order valence-corrected chi connectivity index (χ3v) is 3.68. The van der Waals surface area contributed by atoms with Gasteiger partial charge in [0.2, 0.25) is 0 Å². The van der Waals surface area contributed by atoms with Crippen molar-refractivity contribution in [2.24, 2.45) is 5.41 Å². The Bertz CT molecular complexity index is 439. The highest BCUT2D eigenvalue weighted by atomic mass is 19.1. The van der Waals surface area contributed by atoms with Gasteiger partial charge in [0.25, 0.3) is 0 Å². The molecule has 0 aromatic heterocycles. The first kappa shape index (κ1) is 14.3. The summed E-state index contributed by atoms with van der Waals surface area (Å²) in [6, 6.07) is 5.12. The number of ether oxygens (including phenoxy) is 1. The Morgan fingerprint density at radius 2 is 2.11 bits per heavy atom. The standard InChI is InChI=1S/C16H24FNO/c1-5-8-18-13-10-15(16(2,3)4)19-14-9-11(17)6-7-12(13)14/h6-7,9,13,15,18H,5,8,10H2,1-4H3. The molecule has 1 N–H and O–H groups in total. The van der Waals surface area contributed by atoms with E-state index in [1.807, 2.05) is 6.07 Å². The highest BCUT2D eigenvalue weighted by Gasteiger charge is 2.35. The van der Waals surface area contributed by atoms with E-state index in [4.69, 9.17) is 4.74 Å². The average molecular weight is 265 g/mol. The average Bonchev–Trinajstić information content (AvgIpc) is 2.33. The summed E-state index contributed by atoms with van der Waals surface area (Å²) in [5.41, 5.74) is 1.13. The van der Waals surface area contributed by atoms with Gasteiger partial charge in [-0.15, -0.1) is 0 Å². The topological polar surface area (TPSA) is 21.3 Å². The molecule has 2 unspecified atom stereocenters. The molecule has 2 nitrogen and oxygen atoms in total. The minimum absolute atomic E-state index is 0.0517. The molecule has 1 aliphatic rings. The third-order valence-electron chi connectivity index (χ3n) is 3.68. The summed E-state index contributed by atoms with van der Waals surface area (Å²) in [7, 11) is 0. The van der Waals surface area contributed by atoms with E-state index in [0.29, 0.717) is 5.75 Å². The van der Waals surface area contributed by atoms with Crippen LogP contribution in [-0.2, 0) is 0 Å². The van der Waals surface area contributed by atoms with Crippen molar-refractivity contribution in [2.45, 2.75) is 52.7 Å². The van der Waals surface area contributed by atoms with E-state index in [1.165, 1.54) is 12.1 Å². The molecular weight excluding hydrogens is 241 g/mol. The van der Waals surface area contributed by atoms with Crippen LogP contribution in [0.25, 0.3) is 0 Å². The zero-order chi connectivity index (χ0) is 14.0. The molecule has 0 bridgehead atoms. The summed E-state index contributed by atoms with van der Waals surface area (Å²) in [4.78, 5) is 0. The largest absolute Gasteiger partial charge is 0.489 e. The molecule has 2 atom stereocenters. The van der Waals surface area contributed by atoms with Crippen molar-refractivity contribution in [3.05, 3.63) is 29.6 Å². The summed E-state index contributed by atoms with van der Waals surface area (Å²) in [5, 5.41) is 3.55. The zero-order valence-electron chi connectivity index (χ0n) is 12.3. The molecule has 19 heavy (non-hydrogen) atoms. The Hall–Kier alpha value is -1.09. The lowest BCUT2D eigenvalue weighted by Gasteiger charge is -2.39. The van der Waals surface area contributed by atoms with E-state index in [-0.39, 0.29) is 23.4 Å². The number of hydrogen-bond acceptors (Lipinski definition) is 2. The monoisotopic (exact) mass is 265 g/mol. The van der Waals surface area contributed by atoms with Crippen molar-refractivity contribution in [3.63, 3.8) is 0 Å². The van der Waals surface area contributed by atoms with E-state index in [1.54, 1.807) is 0 Å². The van der Waals surface area contributed by atoms with Crippen molar-refractivity contribution >= 4 is 0 Å². The van der Waals surface area contributed by atoms with E-state index in [2.05, 4.69) is 33.0 Å². The summed E-state index contributed by atoms with van der Waals surface area (Å²) >= 11 is 0. The maximum Gasteiger partial charge on any atom is 0.127 e. The molecule has 0 fully saturated rings. The summed E-state index contributed by atoms with van der Waals surface area (Å²) in [6.07, 6.45) is 2.13. The lowest BCUT2D eigenvalue weighted by molar-refractivity contribution is 0.0525. The van der Waals surface area contributed by atoms with Gasteiger partial charge in [-0.2, -0.15) is 0 Å². The molecule has 3 heteroatoms. The van der Waals surface area contributed by atoms with Crippen molar-refractivity contribution in [1.29, 1.82) is 0 Å². The maximum absolute atomic E-state index is 13.4. The highest BCUT2D eigenvalue weighted by Crippen LogP contribution is 2.40. The van der Waals surface area contributed by atoms with Crippen molar-refractivity contribution in [3.8, 4) is 5.75 Å². The second-order valence-corrected chi connectivity index (χ2v) is 6.40. The van der Waals surface area contributed by atoms with Gasteiger partial charge in [0, 0.05) is 24.1 Å². The predicted octanol–water partition coefficient (Wildman–Crippen LogP) is 4.06. The van der Waals surface area contributed by atoms with Crippen LogP contribution in [0.5, 0.6) is 5.75 Å². The zero-order valence-corrected chi connectivity index (χ0v) is 12.3. The molecule has 1 aromatic carbocycles. The molecule has 2 rings (SSSR count). The van der Waals surface area contributed by atoms with Crippen LogP contribution in [0.2, 0.25) is 0 Å². The molecule has 106 valence electrons. The van der Waals surface area contributed by atoms with Gasteiger partial charge in [0.15, 0.2) is 0 Å². The van der Waals surface area contributed by atoms with Crippen LogP contribution in [0.3, 0.4) is 0 Å². The fourth-order valence-electron chi connectivity index (χ4n) is 2.48. The third kappa shape index (κ3) is 3.27. The Labute approximate surface area is 115 Å². The Kier molecular flexibility index (Phi) is 4.14. The lowest BCUT2D eigenvalue weighted by atomic mass is 9.82. The normalized spacial score (nSPS) is 22.8. The molecular formula is C16H24FNO. The molecule has 0 radical (unpaired) electrons. The number of hydrogen-bond donors (Lipinski definition) is 1. The summed E-state index contributed by atoms with van der Waals surface area (Å²) in [6.45, 7) is 9.62. The molecule has 1 heterocycles. The smallest absolute Gasteiger partial charge is 0.127 e. The minimum Gasteiger partial charge on any atom is -0.489 e. The maximum atomic E-state index is 13.4. The van der Waals surface area contributed by atoms with Crippen LogP contribution >= 0.6 is 0 Å². The first-order valence-corrected chi connectivity index (χ1v) is 7.11. The van der Waals surface area contributed by atoms with Gasteiger partial charge in [-0.3, -0.25) is 0 Å². The van der Waals surface area contributed by atoms with Gasteiger partial charge in [0.1, 0.15) is 17.7 Å². The van der Waals surface area contributed by atoms with Gasteiger partial charge in [-0.05, 0) is 24.4 Å². The molecule has 1 aliphatic heterocycles. The number of nitrogens with one attached hydrogen (secondary N) is 1. The van der Waals surface area contributed by atoms with Crippen LogP contribution < -0.4 is 10.1 Å². The van der Waals surface area contributed by atoms with Crippen LogP contribution in [-0.4, -0.2) is 12.6 Å². The van der Waals surface area contributed by atoms with E-state index in [0.717, 1.165) is 24.9 Å². The van der Waals surface area contributed by atoms with Crippen molar-refractivity contribution in [2.75, 3.05) is 6.54 Å². The fraction of sp³-hybridized carbons (Fsp3) is 0.625. The molecule has 0 spiro atoms. The molecule has 1 aromatic rings. The van der Waals surface area contributed by atoms with Crippen LogP contribution in [0.1, 0.15) is 52.1 Å². The second-order valence-electron chi connectivity index (χ2n) is 6.40. The summed E-state index contributed by atoms with van der Waals surface area (Å²) < 4.78 is 19.4. The number of fused-ring (bicyclic) bond motifs is 1. The van der Waals surface area contributed by atoms with Gasteiger partial charge in [-0.25, -0.2) is 4.39 Å². The van der Waals surface area contributed by atoms with Gasteiger partial charge < -0.3 is 10.1 Å². The Balaban J connectivity index is 2.29. The number of rotatable bonds is 3. The molecule has 0 aliphatic carbocycles. The van der Waals surface area contributed by atoms with E-state index in [9.17, 15) is 4.39 Å². The fourth-order valence-corrected chi connectivity index (χ4v) is 2.48. The van der Waals surface area contributed by atoms with Crippen LogP contribution in [0, 0.1) is 11.2 Å². The first-order valence-electron chi connectivity index (χ1n) is 7.11. The highest BCUT2D eigenvalue weighted by molar-refractivity contribution is 5.38. The van der Waals surface area contributed by atoms with E-state index < -0.39 is 0 Å². The number of halogens is 1. The SMILES string of the molecule is CCCNC1CC(C(C)(C)C)Oc2cc(F)ccc21. The molecule has 0 amide bonds. The van der Waals surface area contributed by atoms with Crippen molar-refractivity contribution < 1.29 is 9.13 Å². The van der Waals surface area contributed by atoms with Gasteiger partial charge in [-0.1, -0.05) is 33.8 Å². The van der Waals surface area contributed by atoms with Crippen molar-refractivity contribution in [1.82, 2.24) is 5.32 Å². The first-order chi connectivity index (χ1) is 8.91. The lowest BCUT2D eigenvalue weighted by Crippen LogP contribution is -2.40. The number of benzene rings is 1. The van der Waals surface area contributed by atoms with Gasteiger partial charge in [0.05, 0.1) is 0 Å². The molecule has 0 saturated heterocycles. The van der Waals surface area contributed by atoms with Crippen LogP contribution in [0.4, 0.5) is 4.39 Å². The Morgan fingerprint density at radius 3 is 2.74 bits per heavy atom. The summed E-state index contributed by atoms with van der Waals surface area (Å²) in [5.74, 6) is 0.460.